The summed E-state index contributed by atoms with van der Waals surface area (Å²) in [5.74, 6) is 0.602. The Bertz CT molecular complexity index is 949. The number of benzene rings is 1. The summed E-state index contributed by atoms with van der Waals surface area (Å²) < 4.78 is 28.7. The number of carbonyl (C=O) groups is 1. The molecule has 1 amide bonds. The Morgan fingerprint density at radius 3 is 2.24 bits per heavy atom. The van der Waals surface area contributed by atoms with E-state index in [0.29, 0.717) is 36.2 Å². The first kappa shape index (κ1) is 29.1. The Morgan fingerprint density at radius 1 is 1.03 bits per heavy atom. The van der Waals surface area contributed by atoms with Gasteiger partial charge >= 0.3 is 0 Å². The molecule has 1 aliphatic carbocycles. The third-order valence-electron chi connectivity index (χ3n) is 10.0. The lowest BCUT2D eigenvalue weighted by Crippen LogP contribution is -2.55. The summed E-state index contributed by atoms with van der Waals surface area (Å²) in [7, 11) is 0. The molecule has 0 spiro atoms. The minimum Gasteiger partial charge on any atom is -0.336 e. The second-order valence-electron chi connectivity index (χ2n) is 13.1. The van der Waals surface area contributed by atoms with E-state index in [1.807, 2.05) is 11.8 Å². The molecule has 0 N–H and O–H groups in total. The number of piperidine rings is 1. The van der Waals surface area contributed by atoms with Crippen LogP contribution in [0.5, 0.6) is 0 Å². The van der Waals surface area contributed by atoms with Gasteiger partial charge in [0.2, 0.25) is 5.91 Å². The van der Waals surface area contributed by atoms with Crippen LogP contribution in [0.1, 0.15) is 90.0 Å². The van der Waals surface area contributed by atoms with Crippen LogP contribution in [0.15, 0.2) is 18.2 Å². The standard InChI is InChI=1S/C30H44F2N2OS.ClH/c1-29(2,3)33-17-25(24-13-10-21(31)14-27(24)32)26(18-33)28(35)34-22-11-12-23(34)16-30(15-22,19-36-4)20-8-6-5-7-9-20;/h10,13-14,20,22-23,25-26H,5-9,11-12,15-19H2,1-4H3;1H/t22?,23?,25-,26-,30?;/m0./s1. The fourth-order valence-electron chi connectivity index (χ4n) is 8.23. The zero-order valence-electron chi connectivity index (χ0n) is 23.0. The largest absolute Gasteiger partial charge is 0.336 e. The fourth-order valence-corrected chi connectivity index (χ4v) is 9.27. The van der Waals surface area contributed by atoms with Gasteiger partial charge in [0.25, 0.3) is 0 Å². The monoisotopic (exact) mass is 554 g/mol. The van der Waals surface area contributed by atoms with Crippen LogP contribution >= 0.6 is 24.2 Å². The normalized spacial score (nSPS) is 33.0. The molecule has 1 aromatic carbocycles. The van der Waals surface area contributed by atoms with Crippen molar-refractivity contribution in [2.24, 2.45) is 17.3 Å². The highest BCUT2D eigenvalue weighted by molar-refractivity contribution is 7.98. The molecule has 3 nitrogen and oxygen atoms in total. The number of halogens is 3. The van der Waals surface area contributed by atoms with Crippen LogP contribution < -0.4 is 0 Å². The van der Waals surface area contributed by atoms with Gasteiger partial charge in [-0.3, -0.25) is 9.69 Å². The zero-order chi connectivity index (χ0) is 25.7. The van der Waals surface area contributed by atoms with Crippen molar-refractivity contribution in [1.29, 1.82) is 0 Å². The molecule has 5 rings (SSSR count). The number of nitrogens with zero attached hydrogens (tertiary/aromatic N) is 2. The molecule has 208 valence electrons. The summed E-state index contributed by atoms with van der Waals surface area (Å²) in [6.45, 7) is 7.73. The van der Waals surface area contributed by atoms with Crippen LogP contribution in [-0.2, 0) is 4.79 Å². The first-order chi connectivity index (χ1) is 17.1. The molecule has 2 unspecified atom stereocenters. The highest BCUT2D eigenvalue weighted by atomic mass is 35.5. The van der Waals surface area contributed by atoms with Crippen molar-refractivity contribution in [3.8, 4) is 0 Å². The number of likely N-dealkylation sites (tertiary alicyclic amines) is 1. The molecule has 3 saturated heterocycles. The van der Waals surface area contributed by atoms with E-state index in [4.69, 9.17) is 0 Å². The SMILES string of the molecule is CSCC1(C2CCCCC2)CC2CCC(C1)N2C(=O)[C@H]1CN(C(C)(C)C)C[C@H]1c1ccc(F)cc1F.Cl. The molecule has 7 heteroatoms. The summed E-state index contributed by atoms with van der Waals surface area (Å²) in [4.78, 5) is 18.9. The summed E-state index contributed by atoms with van der Waals surface area (Å²) in [5.41, 5.74) is 0.738. The molecule has 2 bridgehead atoms. The Balaban J connectivity index is 0.00000320. The molecular weight excluding hydrogens is 510 g/mol. The molecule has 37 heavy (non-hydrogen) atoms. The van der Waals surface area contributed by atoms with Crippen molar-refractivity contribution in [2.75, 3.05) is 25.1 Å². The molecular formula is C30H45ClF2N2OS. The summed E-state index contributed by atoms with van der Waals surface area (Å²) in [5, 5.41) is 0. The van der Waals surface area contributed by atoms with E-state index in [2.05, 4.69) is 36.8 Å². The van der Waals surface area contributed by atoms with E-state index in [-0.39, 0.29) is 35.7 Å². The van der Waals surface area contributed by atoms with Crippen molar-refractivity contribution in [3.63, 3.8) is 0 Å². The molecule has 1 aromatic rings. The average Bonchev–Trinajstić information content (AvgIpc) is 3.39. The maximum absolute atomic E-state index is 15.0. The number of thioether (sulfide) groups is 1. The third kappa shape index (κ3) is 5.59. The molecule has 1 saturated carbocycles. The van der Waals surface area contributed by atoms with Crippen LogP contribution in [0.3, 0.4) is 0 Å². The van der Waals surface area contributed by atoms with Gasteiger partial charge in [-0.1, -0.05) is 25.3 Å². The smallest absolute Gasteiger partial charge is 0.228 e. The van der Waals surface area contributed by atoms with E-state index >= 15 is 0 Å². The Morgan fingerprint density at radius 2 is 1.68 bits per heavy atom. The quantitative estimate of drug-likeness (QED) is 0.382. The van der Waals surface area contributed by atoms with E-state index < -0.39 is 11.6 Å². The second kappa shape index (κ2) is 11.3. The number of rotatable bonds is 5. The van der Waals surface area contributed by atoms with Gasteiger partial charge in [0.15, 0.2) is 0 Å². The van der Waals surface area contributed by atoms with Crippen LogP contribution in [0.2, 0.25) is 0 Å². The van der Waals surface area contributed by atoms with Gasteiger partial charge in [-0.25, -0.2) is 8.78 Å². The van der Waals surface area contributed by atoms with Gasteiger partial charge in [-0.2, -0.15) is 11.8 Å². The minimum atomic E-state index is -0.563. The summed E-state index contributed by atoms with van der Waals surface area (Å²) >= 11 is 1.99. The van der Waals surface area contributed by atoms with Crippen LogP contribution in [0.4, 0.5) is 8.78 Å². The first-order valence-electron chi connectivity index (χ1n) is 14.1. The summed E-state index contributed by atoms with van der Waals surface area (Å²) in [6, 6.07) is 4.51. The average molecular weight is 555 g/mol. The Labute approximate surface area is 232 Å². The lowest BCUT2D eigenvalue weighted by molar-refractivity contribution is -0.143. The molecule has 4 aliphatic rings. The van der Waals surface area contributed by atoms with E-state index in [0.717, 1.165) is 37.7 Å². The second-order valence-corrected chi connectivity index (χ2v) is 14.0. The minimum absolute atomic E-state index is 0. The van der Waals surface area contributed by atoms with E-state index in [1.165, 1.54) is 43.9 Å². The van der Waals surface area contributed by atoms with E-state index in [1.54, 1.807) is 6.07 Å². The molecule has 3 aliphatic heterocycles. The number of carbonyl (C=O) groups excluding carboxylic acids is 1. The predicted molar refractivity (Wildman–Crippen MR) is 151 cm³/mol. The van der Waals surface area contributed by atoms with Gasteiger partial charge in [0.1, 0.15) is 11.6 Å². The molecule has 4 atom stereocenters. The topological polar surface area (TPSA) is 23.6 Å². The number of hydrogen-bond donors (Lipinski definition) is 0. The maximum atomic E-state index is 15.0. The lowest BCUT2D eigenvalue weighted by Gasteiger charge is -2.52. The van der Waals surface area contributed by atoms with Gasteiger partial charge in [0, 0.05) is 42.7 Å². The molecule has 3 heterocycles. The Hall–Kier alpha value is -0.850. The van der Waals surface area contributed by atoms with Crippen LogP contribution in [0.25, 0.3) is 0 Å². The van der Waals surface area contributed by atoms with Crippen molar-refractivity contribution >= 4 is 30.1 Å². The maximum Gasteiger partial charge on any atom is 0.228 e. The van der Waals surface area contributed by atoms with Gasteiger partial charge < -0.3 is 4.90 Å². The summed E-state index contributed by atoms with van der Waals surface area (Å²) in [6.07, 6.45) is 13.5. The molecule has 0 aromatic heterocycles. The van der Waals surface area contributed by atoms with Gasteiger partial charge in [0.05, 0.1) is 5.92 Å². The highest BCUT2D eigenvalue weighted by Gasteiger charge is 2.55. The first-order valence-corrected chi connectivity index (χ1v) is 15.5. The van der Waals surface area contributed by atoms with Crippen molar-refractivity contribution in [3.05, 3.63) is 35.4 Å². The van der Waals surface area contributed by atoms with Crippen LogP contribution in [-0.4, -0.2) is 58.4 Å². The predicted octanol–water partition coefficient (Wildman–Crippen LogP) is 7.28. The molecule has 0 radical (unpaired) electrons. The Kier molecular flexibility index (Phi) is 8.92. The number of fused-ring (bicyclic) bond motifs is 2. The highest BCUT2D eigenvalue weighted by Crippen LogP contribution is 2.55. The van der Waals surface area contributed by atoms with Crippen LogP contribution in [0, 0.1) is 28.9 Å². The van der Waals surface area contributed by atoms with Gasteiger partial charge in [-0.05, 0) is 94.3 Å². The molecule has 4 fully saturated rings. The number of hydrogen-bond acceptors (Lipinski definition) is 3. The van der Waals surface area contributed by atoms with Crippen molar-refractivity contribution in [1.82, 2.24) is 9.80 Å². The fraction of sp³-hybridized carbons (Fsp3) is 0.767. The third-order valence-corrected chi connectivity index (χ3v) is 10.9. The van der Waals surface area contributed by atoms with E-state index in [9.17, 15) is 13.6 Å². The van der Waals surface area contributed by atoms with Gasteiger partial charge in [-0.15, -0.1) is 12.4 Å². The lowest BCUT2D eigenvalue weighted by atomic mass is 9.63. The van der Waals surface area contributed by atoms with Crippen molar-refractivity contribution < 1.29 is 13.6 Å². The zero-order valence-corrected chi connectivity index (χ0v) is 24.6. The van der Waals surface area contributed by atoms with Crippen molar-refractivity contribution in [2.45, 2.75) is 102 Å². The number of amides is 1.